The second-order valence-corrected chi connectivity index (χ2v) is 9.35. The second-order valence-electron chi connectivity index (χ2n) is 8.52. The van der Waals surface area contributed by atoms with Gasteiger partial charge in [-0.1, -0.05) is 36.4 Å². The summed E-state index contributed by atoms with van der Waals surface area (Å²) in [6.07, 6.45) is 4.34. The van der Waals surface area contributed by atoms with E-state index in [0.717, 1.165) is 34.1 Å². The molecular formula is C26H26N2O3S. The SMILES string of the molecule is O=C(NSCC1CC1)c1ccccc1-c1ccc2c(c1)OCC(Cc1ccccn1)C2O. The maximum Gasteiger partial charge on any atom is 0.261 e. The molecule has 2 unspecified atom stereocenters. The number of carbonyl (C=O) groups is 1. The molecule has 2 aliphatic rings. The van der Waals surface area contributed by atoms with Crippen LogP contribution in [0.4, 0.5) is 0 Å². The van der Waals surface area contributed by atoms with Crippen molar-refractivity contribution >= 4 is 17.9 Å². The topological polar surface area (TPSA) is 71.5 Å². The van der Waals surface area contributed by atoms with Crippen molar-refractivity contribution in [3.8, 4) is 16.9 Å². The van der Waals surface area contributed by atoms with Gasteiger partial charge < -0.3 is 9.84 Å². The monoisotopic (exact) mass is 446 g/mol. The minimum atomic E-state index is -0.618. The van der Waals surface area contributed by atoms with Gasteiger partial charge in [-0.2, -0.15) is 0 Å². The maximum absolute atomic E-state index is 12.8. The van der Waals surface area contributed by atoms with Gasteiger partial charge in [0.15, 0.2) is 0 Å². The minimum absolute atomic E-state index is 0.0511. The molecule has 5 rings (SSSR count). The summed E-state index contributed by atoms with van der Waals surface area (Å²) in [4.78, 5) is 17.2. The molecule has 2 aromatic carbocycles. The smallest absolute Gasteiger partial charge is 0.261 e. The van der Waals surface area contributed by atoms with Crippen molar-refractivity contribution in [1.29, 1.82) is 0 Å². The van der Waals surface area contributed by atoms with Crippen molar-refractivity contribution in [2.45, 2.75) is 25.4 Å². The number of aliphatic hydroxyl groups is 1. The highest BCUT2D eigenvalue weighted by Gasteiger charge is 2.30. The Morgan fingerprint density at radius 3 is 2.78 bits per heavy atom. The summed E-state index contributed by atoms with van der Waals surface area (Å²) in [5.74, 6) is 2.26. The number of amides is 1. The number of nitrogens with one attached hydrogen (secondary N) is 1. The lowest BCUT2D eigenvalue weighted by atomic mass is 9.88. The molecule has 1 aromatic heterocycles. The Balaban J connectivity index is 1.34. The van der Waals surface area contributed by atoms with Crippen molar-refractivity contribution in [3.05, 3.63) is 83.7 Å². The van der Waals surface area contributed by atoms with Crippen LogP contribution in [0.15, 0.2) is 66.9 Å². The van der Waals surface area contributed by atoms with Crippen molar-refractivity contribution in [3.63, 3.8) is 0 Å². The van der Waals surface area contributed by atoms with E-state index in [4.69, 9.17) is 4.74 Å². The van der Waals surface area contributed by atoms with Crippen LogP contribution < -0.4 is 9.46 Å². The van der Waals surface area contributed by atoms with Crippen LogP contribution >= 0.6 is 11.9 Å². The van der Waals surface area contributed by atoms with Gasteiger partial charge in [0.2, 0.25) is 0 Å². The molecule has 2 N–H and O–H groups in total. The third-order valence-corrected chi connectivity index (χ3v) is 7.06. The molecule has 0 radical (unpaired) electrons. The zero-order valence-electron chi connectivity index (χ0n) is 17.7. The number of hydrogen-bond donors (Lipinski definition) is 2. The molecule has 1 saturated carbocycles. The van der Waals surface area contributed by atoms with E-state index in [0.29, 0.717) is 24.3 Å². The average molecular weight is 447 g/mol. The van der Waals surface area contributed by atoms with Crippen LogP contribution in [0.25, 0.3) is 11.1 Å². The number of aromatic nitrogens is 1. The van der Waals surface area contributed by atoms with E-state index in [9.17, 15) is 9.90 Å². The van der Waals surface area contributed by atoms with Crippen LogP contribution in [0.2, 0.25) is 0 Å². The number of benzene rings is 2. The third-order valence-electron chi connectivity index (χ3n) is 6.09. The molecule has 164 valence electrons. The standard InChI is InChI=1S/C26H26N2O3S/c29-25-19(13-20-5-3-4-12-27-20)15-31-24-14-18(10-11-23(24)25)21-6-1-2-7-22(21)26(30)28-32-16-17-8-9-17/h1-7,10-12,14,17,19,25,29H,8-9,13,15-16H2,(H,28,30). The highest BCUT2D eigenvalue weighted by atomic mass is 32.2. The molecule has 1 aliphatic carbocycles. The molecule has 2 atom stereocenters. The summed E-state index contributed by atoms with van der Waals surface area (Å²) in [6, 6.07) is 19.2. The van der Waals surface area contributed by atoms with Gasteiger partial charge in [0.1, 0.15) is 5.75 Å². The van der Waals surface area contributed by atoms with Gasteiger partial charge >= 0.3 is 0 Å². The lowest BCUT2D eigenvalue weighted by Gasteiger charge is -2.30. The van der Waals surface area contributed by atoms with Crippen molar-refractivity contribution in [2.75, 3.05) is 12.4 Å². The van der Waals surface area contributed by atoms with Gasteiger partial charge in [0, 0.05) is 34.7 Å². The Morgan fingerprint density at radius 1 is 1.12 bits per heavy atom. The van der Waals surface area contributed by atoms with E-state index in [2.05, 4.69) is 9.71 Å². The number of rotatable bonds is 7. The van der Waals surface area contributed by atoms with Crippen molar-refractivity contribution in [1.82, 2.24) is 9.71 Å². The van der Waals surface area contributed by atoms with Crippen LogP contribution in [0.5, 0.6) is 5.75 Å². The van der Waals surface area contributed by atoms with E-state index < -0.39 is 6.10 Å². The molecule has 32 heavy (non-hydrogen) atoms. The van der Waals surface area contributed by atoms with E-state index >= 15 is 0 Å². The van der Waals surface area contributed by atoms with Gasteiger partial charge in [-0.15, -0.1) is 0 Å². The van der Waals surface area contributed by atoms with E-state index in [1.807, 2.05) is 60.7 Å². The van der Waals surface area contributed by atoms with Gasteiger partial charge in [-0.3, -0.25) is 14.5 Å². The van der Waals surface area contributed by atoms with Crippen LogP contribution in [0.3, 0.4) is 0 Å². The first-order valence-electron chi connectivity index (χ1n) is 11.1. The normalized spacial score (nSPS) is 19.7. The summed E-state index contributed by atoms with van der Waals surface area (Å²) >= 11 is 1.49. The van der Waals surface area contributed by atoms with E-state index in [1.54, 1.807) is 6.20 Å². The molecule has 1 aliphatic heterocycles. The first-order chi connectivity index (χ1) is 15.7. The van der Waals surface area contributed by atoms with Gasteiger partial charge in [-0.05, 0) is 72.5 Å². The summed E-state index contributed by atoms with van der Waals surface area (Å²) in [5, 5.41) is 11.0. The third kappa shape index (κ3) is 4.66. The summed E-state index contributed by atoms with van der Waals surface area (Å²) < 4.78 is 9.03. The maximum atomic E-state index is 12.8. The van der Waals surface area contributed by atoms with Crippen LogP contribution in [-0.4, -0.2) is 28.4 Å². The second kappa shape index (κ2) is 9.35. The molecule has 3 aromatic rings. The number of nitrogens with zero attached hydrogens (tertiary/aromatic N) is 1. The van der Waals surface area contributed by atoms with Crippen molar-refractivity contribution in [2.24, 2.45) is 11.8 Å². The van der Waals surface area contributed by atoms with Crippen molar-refractivity contribution < 1.29 is 14.6 Å². The first-order valence-corrected chi connectivity index (χ1v) is 12.0. The van der Waals surface area contributed by atoms with E-state index in [-0.39, 0.29) is 11.8 Å². The van der Waals surface area contributed by atoms with Crippen LogP contribution in [0, 0.1) is 11.8 Å². The predicted octanol–water partition coefficient (Wildman–Crippen LogP) is 4.82. The van der Waals surface area contributed by atoms with Gasteiger partial charge in [0.05, 0.1) is 12.7 Å². The predicted molar refractivity (Wildman–Crippen MR) is 126 cm³/mol. The molecule has 2 heterocycles. The molecule has 1 amide bonds. The number of carbonyl (C=O) groups excluding carboxylic acids is 1. The number of aliphatic hydroxyl groups excluding tert-OH is 1. The molecular weight excluding hydrogens is 420 g/mol. The number of fused-ring (bicyclic) bond motifs is 1. The molecule has 0 bridgehead atoms. The fourth-order valence-corrected chi connectivity index (χ4v) is 4.96. The number of ether oxygens (including phenoxy) is 1. The molecule has 0 saturated heterocycles. The zero-order valence-corrected chi connectivity index (χ0v) is 18.6. The highest BCUT2D eigenvalue weighted by Crippen LogP contribution is 2.39. The fourth-order valence-electron chi connectivity index (χ4n) is 4.07. The largest absolute Gasteiger partial charge is 0.493 e. The Bertz CT molecular complexity index is 1100. The lowest BCUT2D eigenvalue weighted by molar-refractivity contribution is 0.0503. The molecule has 6 heteroatoms. The summed E-state index contributed by atoms with van der Waals surface area (Å²) in [6.45, 7) is 0.425. The lowest BCUT2D eigenvalue weighted by Crippen LogP contribution is -2.28. The summed E-state index contributed by atoms with van der Waals surface area (Å²) in [7, 11) is 0. The number of hydrogen-bond acceptors (Lipinski definition) is 5. The molecule has 1 fully saturated rings. The molecule has 0 spiro atoms. The average Bonchev–Trinajstić information content (AvgIpc) is 3.66. The Hall–Kier alpha value is -2.83. The Kier molecular flexibility index (Phi) is 6.14. The highest BCUT2D eigenvalue weighted by molar-refractivity contribution is 7.97. The quantitative estimate of drug-likeness (QED) is 0.509. The minimum Gasteiger partial charge on any atom is -0.493 e. The van der Waals surface area contributed by atoms with Crippen LogP contribution in [0.1, 0.15) is 40.6 Å². The van der Waals surface area contributed by atoms with Crippen LogP contribution in [-0.2, 0) is 6.42 Å². The Morgan fingerprint density at radius 2 is 1.97 bits per heavy atom. The van der Waals surface area contributed by atoms with Gasteiger partial charge in [0.25, 0.3) is 5.91 Å². The first kappa shape index (κ1) is 21.0. The van der Waals surface area contributed by atoms with Gasteiger partial charge in [-0.25, -0.2) is 0 Å². The zero-order chi connectivity index (χ0) is 21.9. The Labute approximate surface area is 192 Å². The summed E-state index contributed by atoms with van der Waals surface area (Å²) in [5.41, 5.74) is 4.12. The van der Waals surface area contributed by atoms with E-state index in [1.165, 1.54) is 24.8 Å². The fraction of sp³-hybridized carbons (Fsp3) is 0.308. The molecule has 5 nitrogen and oxygen atoms in total. The number of pyridine rings is 1.